The number of aryl methyl sites for hydroxylation is 2. The first-order valence-corrected chi connectivity index (χ1v) is 7.13. The minimum absolute atomic E-state index is 0.1000. The summed E-state index contributed by atoms with van der Waals surface area (Å²) in [7, 11) is 0. The maximum Gasteiger partial charge on any atom is 0.128 e. The average Bonchev–Trinajstić information content (AvgIpc) is 2.44. The number of rotatable bonds is 5. The summed E-state index contributed by atoms with van der Waals surface area (Å²) in [6, 6.07) is 10.8. The molecular weight excluding hydrogens is 246 g/mol. The monoisotopic (exact) mass is 269 g/mol. The van der Waals surface area contributed by atoms with Gasteiger partial charge in [-0.2, -0.15) is 0 Å². The largest absolute Gasteiger partial charge is 0.383 e. The van der Waals surface area contributed by atoms with Gasteiger partial charge in [-0.05, 0) is 44.0 Å². The van der Waals surface area contributed by atoms with Crippen molar-refractivity contribution in [1.82, 2.24) is 10.3 Å². The summed E-state index contributed by atoms with van der Waals surface area (Å²) < 4.78 is 0. The minimum Gasteiger partial charge on any atom is -0.383 e. The second kappa shape index (κ2) is 6.53. The zero-order chi connectivity index (χ0) is 14.5. The van der Waals surface area contributed by atoms with E-state index in [1.54, 1.807) is 0 Å². The summed E-state index contributed by atoms with van der Waals surface area (Å²) in [5.41, 5.74) is 10.8. The fourth-order valence-corrected chi connectivity index (χ4v) is 2.29. The molecule has 1 aromatic carbocycles. The van der Waals surface area contributed by atoms with Crippen LogP contribution in [0.2, 0.25) is 0 Å². The van der Waals surface area contributed by atoms with Crippen LogP contribution in [0.3, 0.4) is 0 Å². The van der Waals surface area contributed by atoms with Crippen LogP contribution >= 0.6 is 0 Å². The number of anilines is 1. The fourth-order valence-electron chi connectivity index (χ4n) is 2.29. The Bertz CT molecular complexity index is 561. The second-order valence-electron chi connectivity index (χ2n) is 5.28. The topological polar surface area (TPSA) is 50.9 Å². The molecule has 0 fully saturated rings. The summed E-state index contributed by atoms with van der Waals surface area (Å²) in [6.45, 7) is 7.26. The molecule has 1 aromatic heterocycles. The van der Waals surface area contributed by atoms with Gasteiger partial charge in [-0.1, -0.05) is 36.8 Å². The van der Waals surface area contributed by atoms with E-state index in [0.29, 0.717) is 5.82 Å². The van der Waals surface area contributed by atoms with Gasteiger partial charge in [0, 0.05) is 11.8 Å². The van der Waals surface area contributed by atoms with Crippen LogP contribution in [0.1, 0.15) is 41.6 Å². The molecule has 0 aliphatic heterocycles. The van der Waals surface area contributed by atoms with Crippen molar-refractivity contribution in [3.05, 3.63) is 58.8 Å². The highest BCUT2D eigenvalue weighted by Gasteiger charge is 2.16. The zero-order valence-corrected chi connectivity index (χ0v) is 12.5. The van der Waals surface area contributed by atoms with E-state index >= 15 is 0 Å². The SMILES string of the molecule is CCCNC(c1ccc(C)cc1)c1cc(C)cnc1N. The van der Waals surface area contributed by atoms with Crippen LogP contribution in [0.4, 0.5) is 5.82 Å². The standard InChI is InChI=1S/C17H23N3/c1-4-9-19-16(14-7-5-12(2)6-8-14)15-10-13(3)11-20-17(15)18/h5-8,10-11,16,19H,4,9H2,1-3H3,(H2,18,20). The molecule has 2 rings (SSSR count). The Morgan fingerprint density at radius 1 is 1.15 bits per heavy atom. The van der Waals surface area contributed by atoms with E-state index in [4.69, 9.17) is 5.73 Å². The zero-order valence-electron chi connectivity index (χ0n) is 12.5. The number of benzene rings is 1. The van der Waals surface area contributed by atoms with Gasteiger partial charge in [-0.3, -0.25) is 0 Å². The van der Waals surface area contributed by atoms with Gasteiger partial charge in [0.1, 0.15) is 5.82 Å². The molecule has 0 saturated heterocycles. The normalized spacial score (nSPS) is 12.3. The first kappa shape index (κ1) is 14.5. The molecule has 1 atom stereocenters. The molecule has 1 unspecified atom stereocenters. The Balaban J connectivity index is 2.41. The lowest BCUT2D eigenvalue weighted by Gasteiger charge is -2.21. The van der Waals surface area contributed by atoms with Gasteiger partial charge in [0.05, 0.1) is 6.04 Å². The highest BCUT2D eigenvalue weighted by molar-refractivity contribution is 5.47. The van der Waals surface area contributed by atoms with Crippen molar-refractivity contribution in [2.24, 2.45) is 0 Å². The van der Waals surface area contributed by atoms with Crippen molar-refractivity contribution < 1.29 is 0 Å². The van der Waals surface area contributed by atoms with E-state index in [-0.39, 0.29) is 6.04 Å². The molecule has 0 saturated carbocycles. The predicted octanol–water partition coefficient (Wildman–Crippen LogP) is 3.37. The Morgan fingerprint density at radius 3 is 2.50 bits per heavy atom. The quantitative estimate of drug-likeness (QED) is 0.875. The molecule has 2 aromatic rings. The highest BCUT2D eigenvalue weighted by atomic mass is 14.9. The van der Waals surface area contributed by atoms with E-state index in [1.807, 2.05) is 13.1 Å². The molecule has 0 spiro atoms. The molecule has 0 aliphatic carbocycles. The lowest BCUT2D eigenvalue weighted by atomic mass is 9.97. The van der Waals surface area contributed by atoms with Crippen molar-refractivity contribution >= 4 is 5.82 Å². The lowest BCUT2D eigenvalue weighted by molar-refractivity contribution is 0.598. The number of hydrogen-bond acceptors (Lipinski definition) is 3. The highest BCUT2D eigenvalue weighted by Crippen LogP contribution is 2.26. The molecule has 3 heteroatoms. The van der Waals surface area contributed by atoms with Crippen LogP contribution in [-0.4, -0.2) is 11.5 Å². The summed E-state index contributed by atoms with van der Waals surface area (Å²) in [5, 5.41) is 3.57. The van der Waals surface area contributed by atoms with Crippen molar-refractivity contribution in [3.8, 4) is 0 Å². The molecule has 20 heavy (non-hydrogen) atoms. The van der Waals surface area contributed by atoms with Crippen molar-refractivity contribution in [3.63, 3.8) is 0 Å². The maximum atomic E-state index is 6.08. The Hall–Kier alpha value is -1.87. The summed E-state index contributed by atoms with van der Waals surface area (Å²) in [4.78, 5) is 4.29. The van der Waals surface area contributed by atoms with Crippen LogP contribution in [0, 0.1) is 13.8 Å². The molecule has 3 nitrogen and oxygen atoms in total. The first-order valence-electron chi connectivity index (χ1n) is 7.13. The summed E-state index contributed by atoms with van der Waals surface area (Å²) in [5.74, 6) is 0.602. The number of nitrogens with zero attached hydrogens (tertiary/aromatic N) is 1. The third kappa shape index (κ3) is 3.36. The number of nitrogens with two attached hydrogens (primary N) is 1. The third-order valence-electron chi connectivity index (χ3n) is 3.41. The van der Waals surface area contributed by atoms with Gasteiger partial charge in [0.15, 0.2) is 0 Å². The van der Waals surface area contributed by atoms with E-state index in [1.165, 1.54) is 11.1 Å². The van der Waals surface area contributed by atoms with Crippen LogP contribution in [0.25, 0.3) is 0 Å². The van der Waals surface area contributed by atoms with Gasteiger partial charge in [0.25, 0.3) is 0 Å². The number of pyridine rings is 1. The van der Waals surface area contributed by atoms with Gasteiger partial charge in [0.2, 0.25) is 0 Å². The van der Waals surface area contributed by atoms with Crippen LogP contribution in [0.5, 0.6) is 0 Å². The van der Waals surface area contributed by atoms with Gasteiger partial charge < -0.3 is 11.1 Å². The van der Waals surface area contributed by atoms with Crippen molar-refractivity contribution in [2.45, 2.75) is 33.2 Å². The van der Waals surface area contributed by atoms with Gasteiger partial charge >= 0.3 is 0 Å². The number of nitrogens with one attached hydrogen (secondary N) is 1. The lowest BCUT2D eigenvalue weighted by Crippen LogP contribution is -2.24. The molecule has 0 radical (unpaired) electrons. The number of hydrogen-bond donors (Lipinski definition) is 2. The molecule has 3 N–H and O–H groups in total. The van der Waals surface area contributed by atoms with Crippen LogP contribution in [0.15, 0.2) is 36.5 Å². The van der Waals surface area contributed by atoms with Gasteiger partial charge in [-0.25, -0.2) is 4.98 Å². The number of aromatic nitrogens is 1. The smallest absolute Gasteiger partial charge is 0.128 e. The van der Waals surface area contributed by atoms with Crippen LogP contribution in [-0.2, 0) is 0 Å². The Morgan fingerprint density at radius 2 is 1.85 bits per heavy atom. The molecular formula is C17H23N3. The molecule has 106 valence electrons. The fraction of sp³-hybridized carbons (Fsp3) is 0.353. The van der Waals surface area contributed by atoms with Crippen molar-refractivity contribution in [1.29, 1.82) is 0 Å². The third-order valence-corrected chi connectivity index (χ3v) is 3.41. The Kier molecular flexibility index (Phi) is 4.74. The van der Waals surface area contributed by atoms with E-state index in [0.717, 1.165) is 24.1 Å². The second-order valence-corrected chi connectivity index (χ2v) is 5.28. The molecule has 0 amide bonds. The number of nitrogen functional groups attached to an aromatic ring is 1. The maximum absolute atomic E-state index is 6.08. The Labute approximate surface area is 121 Å². The van der Waals surface area contributed by atoms with E-state index in [2.05, 4.69) is 54.5 Å². The first-order chi connectivity index (χ1) is 9.61. The van der Waals surface area contributed by atoms with E-state index < -0.39 is 0 Å². The van der Waals surface area contributed by atoms with Crippen molar-refractivity contribution in [2.75, 3.05) is 12.3 Å². The molecule has 0 bridgehead atoms. The summed E-state index contributed by atoms with van der Waals surface area (Å²) in [6.07, 6.45) is 2.90. The summed E-state index contributed by atoms with van der Waals surface area (Å²) >= 11 is 0. The van der Waals surface area contributed by atoms with E-state index in [9.17, 15) is 0 Å². The average molecular weight is 269 g/mol. The predicted molar refractivity (Wildman–Crippen MR) is 84.7 cm³/mol. The molecule has 1 heterocycles. The molecule has 0 aliphatic rings. The minimum atomic E-state index is 0.1000. The van der Waals surface area contributed by atoms with Crippen LogP contribution < -0.4 is 11.1 Å². The van der Waals surface area contributed by atoms with Gasteiger partial charge in [-0.15, -0.1) is 0 Å².